The number of nitrogens with zero attached hydrogens (tertiary/aromatic N) is 2. The monoisotopic (exact) mass is 338 g/mol. The molecule has 1 aliphatic heterocycles. The fourth-order valence-corrected chi connectivity index (χ4v) is 2.29. The van der Waals surface area contributed by atoms with Crippen LogP contribution in [-0.2, 0) is 4.74 Å². The largest absolute Gasteiger partial charge is 0.504 e. The van der Waals surface area contributed by atoms with Crippen LogP contribution in [0.2, 0.25) is 0 Å². The van der Waals surface area contributed by atoms with Crippen LogP contribution in [0.3, 0.4) is 0 Å². The minimum absolute atomic E-state index is 0.0953. The van der Waals surface area contributed by atoms with Crippen molar-refractivity contribution in [3.63, 3.8) is 0 Å². The topological polar surface area (TPSA) is 78.4 Å². The maximum atomic E-state index is 9.53. The number of morpholine rings is 1. The van der Waals surface area contributed by atoms with E-state index in [1.165, 1.54) is 7.11 Å². The second kappa shape index (κ2) is 9.29. The molecule has 0 saturated carbocycles. The number of phenols is 1. The standard InChI is InChI=1S/C15H22N4O3S/c1-21-14-10-12(2-3-13(14)20)11-17-18-15(23)16-4-5-19-6-8-22-9-7-19/h2-3,10-11,20H,4-9H2,1H3,(H2,16,18,23). The molecule has 1 aliphatic rings. The maximum absolute atomic E-state index is 9.53. The number of aromatic hydroxyl groups is 1. The lowest BCUT2D eigenvalue weighted by Crippen LogP contribution is -2.42. The average molecular weight is 338 g/mol. The van der Waals surface area contributed by atoms with E-state index in [4.69, 9.17) is 21.7 Å². The van der Waals surface area contributed by atoms with Crippen molar-refractivity contribution in [3.8, 4) is 11.5 Å². The first-order valence-electron chi connectivity index (χ1n) is 7.43. The third-order valence-electron chi connectivity index (χ3n) is 3.40. The second-order valence-electron chi connectivity index (χ2n) is 5.01. The van der Waals surface area contributed by atoms with Gasteiger partial charge >= 0.3 is 0 Å². The molecule has 0 radical (unpaired) electrons. The van der Waals surface area contributed by atoms with Crippen LogP contribution in [-0.4, -0.2) is 67.8 Å². The van der Waals surface area contributed by atoms with E-state index in [1.54, 1.807) is 24.4 Å². The summed E-state index contributed by atoms with van der Waals surface area (Å²) in [4.78, 5) is 2.32. The zero-order valence-corrected chi connectivity index (χ0v) is 13.9. The number of rotatable bonds is 6. The fourth-order valence-electron chi connectivity index (χ4n) is 2.13. The van der Waals surface area contributed by atoms with Gasteiger partial charge in [0, 0.05) is 26.2 Å². The molecule has 2 rings (SSSR count). The van der Waals surface area contributed by atoms with E-state index in [-0.39, 0.29) is 5.75 Å². The fraction of sp³-hybridized carbons (Fsp3) is 0.467. The zero-order chi connectivity index (χ0) is 16.5. The summed E-state index contributed by atoms with van der Waals surface area (Å²) in [6.45, 7) is 5.19. The molecule has 0 bridgehead atoms. The van der Waals surface area contributed by atoms with Gasteiger partial charge < -0.3 is 19.9 Å². The Morgan fingerprint density at radius 1 is 1.48 bits per heavy atom. The molecule has 0 spiro atoms. The summed E-state index contributed by atoms with van der Waals surface area (Å²) in [5, 5.41) is 17.2. The molecule has 8 heteroatoms. The van der Waals surface area contributed by atoms with Gasteiger partial charge in [-0.2, -0.15) is 5.10 Å². The van der Waals surface area contributed by atoms with E-state index in [0.29, 0.717) is 10.9 Å². The highest BCUT2D eigenvalue weighted by atomic mass is 32.1. The minimum Gasteiger partial charge on any atom is -0.504 e. The van der Waals surface area contributed by atoms with Crippen molar-refractivity contribution in [1.82, 2.24) is 15.6 Å². The molecule has 0 amide bonds. The molecule has 1 aromatic carbocycles. The number of hydrogen-bond donors (Lipinski definition) is 3. The van der Waals surface area contributed by atoms with Crippen LogP contribution in [0.15, 0.2) is 23.3 Å². The van der Waals surface area contributed by atoms with E-state index in [0.717, 1.165) is 45.0 Å². The molecule has 3 N–H and O–H groups in total. The first-order chi connectivity index (χ1) is 11.2. The summed E-state index contributed by atoms with van der Waals surface area (Å²) in [6, 6.07) is 4.98. The van der Waals surface area contributed by atoms with Crippen LogP contribution in [0.4, 0.5) is 0 Å². The molecule has 1 aromatic rings. The lowest BCUT2D eigenvalue weighted by molar-refractivity contribution is 0.0389. The van der Waals surface area contributed by atoms with E-state index >= 15 is 0 Å². The van der Waals surface area contributed by atoms with E-state index < -0.39 is 0 Å². The quantitative estimate of drug-likeness (QED) is 0.397. The van der Waals surface area contributed by atoms with Gasteiger partial charge in [-0.25, -0.2) is 0 Å². The Morgan fingerprint density at radius 2 is 2.26 bits per heavy atom. The van der Waals surface area contributed by atoms with Gasteiger partial charge in [0.15, 0.2) is 16.6 Å². The van der Waals surface area contributed by atoms with Gasteiger partial charge in [-0.3, -0.25) is 10.3 Å². The summed E-state index contributed by atoms with van der Waals surface area (Å²) in [5.41, 5.74) is 3.56. The predicted molar refractivity (Wildman–Crippen MR) is 93.2 cm³/mol. The smallest absolute Gasteiger partial charge is 0.187 e. The van der Waals surface area contributed by atoms with Crippen molar-refractivity contribution < 1.29 is 14.6 Å². The molecule has 0 unspecified atom stereocenters. The summed E-state index contributed by atoms with van der Waals surface area (Å²) in [6.07, 6.45) is 1.61. The van der Waals surface area contributed by atoms with Gasteiger partial charge in [0.1, 0.15) is 0 Å². The number of hydrazone groups is 1. The Bertz CT molecular complexity index is 548. The number of phenolic OH excluding ortho intramolecular Hbond substituents is 1. The van der Waals surface area contributed by atoms with Crippen molar-refractivity contribution in [2.45, 2.75) is 0 Å². The molecule has 7 nitrogen and oxygen atoms in total. The van der Waals surface area contributed by atoms with Crippen molar-refractivity contribution >= 4 is 23.5 Å². The molecule has 0 atom stereocenters. The normalized spacial score (nSPS) is 15.5. The van der Waals surface area contributed by atoms with Crippen molar-refractivity contribution in [2.75, 3.05) is 46.5 Å². The summed E-state index contributed by atoms with van der Waals surface area (Å²) >= 11 is 5.16. The number of benzene rings is 1. The molecular formula is C15H22N4O3S. The van der Waals surface area contributed by atoms with Crippen molar-refractivity contribution in [3.05, 3.63) is 23.8 Å². The Labute approximate surface area is 141 Å². The summed E-state index contributed by atoms with van der Waals surface area (Å²) < 4.78 is 10.3. The van der Waals surface area contributed by atoms with Crippen LogP contribution >= 0.6 is 12.2 Å². The molecular weight excluding hydrogens is 316 g/mol. The van der Waals surface area contributed by atoms with Crippen LogP contribution < -0.4 is 15.5 Å². The van der Waals surface area contributed by atoms with Crippen LogP contribution in [0, 0.1) is 0 Å². The van der Waals surface area contributed by atoms with Gasteiger partial charge in [-0.15, -0.1) is 0 Å². The lowest BCUT2D eigenvalue weighted by Gasteiger charge is -2.26. The van der Waals surface area contributed by atoms with Gasteiger partial charge in [0.2, 0.25) is 0 Å². The van der Waals surface area contributed by atoms with Crippen LogP contribution in [0.25, 0.3) is 0 Å². The lowest BCUT2D eigenvalue weighted by atomic mass is 10.2. The highest BCUT2D eigenvalue weighted by molar-refractivity contribution is 7.80. The first-order valence-corrected chi connectivity index (χ1v) is 7.84. The van der Waals surface area contributed by atoms with Crippen LogP contribution in [0.5, 0.6) is 11.5 Å². The number of thiocarbonyl (C=S) groups is 1. The van der Waals surface area contributed by atoms with Gasteiger partial charge in [-0.1, -0.05) is 0 Å². The van der Waals surface area contributed by atoms with Crippen LogP contribution in [0.1, 0.15) is 5.56 Å². The Balaban J connectivity index is 1.69. The van der Waals surface area contributed by atoms with E-state index in [2.05, 4.69) is 20.7 Å². The minimum atomic E-state index is 0.0953. The average Bonchev–Trinajstić information content (AvgIpc) is 2.57. The number of nitrogens with one attached hydrogen (secondary N) is 2. The molecule has 1 fully saturated rings. The SMILES string of the molecule is COc1cc(C=NNC(=S)NCCN2CCOCC2)ccc1O. The molecule has 1 saturated heterocycles. The summed E-state index contributed by atoms with van der Waals surface area (Å²) in [7, 11) is 1.50. The predicted octanol–water partition coefficient (Wildman–Crippen LogP) is 0.531. The van der Waals surface area contributed by atoms with Gasteiger partial charge in [0.05, 0.1) is 26.5 Å². The molecule has 0 aromatic heterocycles. The van der Waals surface area contributed by atoms with Crippen molar-refractivity contribution in [1.29, 1.82) is 0 Å². The highest BCUT2D eigenvalue weighted by Crippen LogP contribution is 2.25. The van der Waals surface area contributed by atoms with Crippen molar-refractivity contribution in [2.24, 2.45) is 5.10 Å². The number of methoxy groups -OCH3 is 1. The highest BCUT2D eigenvalue weighted by Gasteiger charge is 2.09. The molecule has 0 aliphatic carbocycles. The third kappa shape index (κ3) is 6.01. The van der Waals surface area contributed by atoms with Gasteiger partial charge in [0.25, 0.3) is 0 Å². The first kappa shape index (κ1) is 17.5. The second-order valence-corrected chi connectivity index (χ2v) is 5.42. The third-order valence-corrected chi connectivity index (χ3v) is 3.64. The van der Waals surface area contributed by atoms with E-state index in [1.807, 2.05) is 0 Å². The summed E-state index contributed by atoms with van der Waals surface area (Å²) in [5.74, 6) is 0.498. The molecule has 126 valence electrons. The molecule has 1 heterocycles. The number of hydrogen-bond acceptors (Lipinski definition) is 6. The number of ether oxygens (including phenoxy) is 2. The molecule has 23 heavy (non-hydrogen) atoms. The Kier molecular flexibility index (Phi) is 7.05. The van der Waals surface area contributed by atoms with Gasteiger partial charge in [-0.05, 0) is 36.0 Å². The maximum Gasteiger partial charge on any atom is 0.187 e. The Morgan fingerprint density at radius 3 is 3.00 bits per heavy atom. The van der Waals surface area contributed by atoms with E-state index in [9.17, 15) is 5.11 Å². The Hall–Kier alpha value is -1.90. The zero-order valence-electron chi connectivity index (χ0n) is 13.1.